The molecule has 4 amide bonds. The molecule has 0 spiro atoms. The second-order valence-electron chi connectivity index (χ2n) is 12.0. The van der Waals surface area contributed by atoms with Gasteiger partial charge in [0.2, 0.25) is 23.6 Å². The lowest BCUT2D eigenvalue weighted by Crippen LogP contribution is -2.48. The number of hydrogen-bond acceptors (Lipinski definition) is 6. The van der Waals surface area contributed by atoms with Crippen molar-refractivity contribution < 1.29 is 34.2 Å². The van der Waals surface area contributed by atoms with Crippen LogP contribution in [-0.2, 0) is 19.2 Å². The van der Waals surface area contributed by atoms with Crippen molar-refractivity contribution >= 4 is 41.0 Å². The zero-order valence-electron chi connectivity index (χ0n) is 23.2. The zero-order chi connectivity index (χ0) is 30.2. The fraction of sp³-hybridized carbons (Fsp3) is 0.265. The molecule has 0 radical (unpaired) electrons. The van der Waals surface area contributed by atoms with E-state index in [-0.39, 0.29) is 41.7 Å². The van der Waals surface area contributed by atoms with Gasteiger partial charge in [0.15, 0.2) is 0 Å². The average Bonchev–Trinajstić information content (AvgIpc) is 3.37. The predicted octanol–water partition coefficient (Wildman–Crippen LogP) is 4.53. The fourth-order valence-electron chi connectivity index (χ4n) is 7.92. The molecule has 216 valence electrons. The number of benzene rings is 3. The van der Waals surface area contributed by atoms with Crippen LogP contribution in [0.4, 0.5) is 11.4 Å². The summed E-state index contributed by atoms with van der Waals surface area (Å²) in [4.78, 5) is 70.2. The molecule has 9 nitrogen and oxygen atoms in total. The van der Waals surface area contributed by atoms with Crippen LogP contribution in [0.25, 0.3) is 0 Å². The molecule has 3 fully saturated rings. The fourth-order valence-corrected chi connectivity index (χ4v) is 7.92. The first-order valence-electron chi connectivity index (χ1n) is 14.3. The Morgan fingerprint density at radius 3 is 2.21 bits per heavy atom. The topological polar surface area (TPSA) is 132 Å². The molecule has 0 bridgehead atoms. The maximum Gasteiger partial charge on any atom is 0.335 e. The number of carboxylic acids is 1. The minimum atomic E-state index is -1.17. The van der Waals surface area contributed by atoms with E-state index in [9.17, 15) is 34.2 Å². The van der Waals surface area contributed by atoms with Gasteiger partial charge in [0, 0.05) is 5.92 Å². The van der Waals surface area contributed by atoms with Crippen molar-refractivity contribution in [2.24, 2.45) is 29.1 Å². The molecular weight excluding hydrogens is 548 g/mol. The Labute approximate surface area is 247 Å². The first-order valence-corrected chi connectivity index (χ1v) is 14.3. The molecule has 2 heterocycles. The van der Waals surface area contributed by atoms with E-state index in [1.807, 2.05) is 19.1 Å². The Balaban J connectivity index is 1.35. The van der Waals surface area contributed by atoms with Gasteiger partial charge in [-0.3, -0.25) is 24.1 Å². The number of rotatable bonds is 4. The smallest absolute Gasteiger partial charge is 0.335 e. The van der Waals surface area contributed by atoms with Gasteiger partial charge in [0.05, 0.1) is 40.1 Å². The summed E-state index contributed by atoms with van der Waals surface area (Å²) >= 11 is 0. The van der Waals surface area contributed by atoms with Crippen molar-refractivity contribution in [3.63, 3.8) is 0 Å². The Kier molecular flexibility index (Phi) is 5.92. The van der Waals surface area contributed by atoms with E-state index in [0.717, 1.165) is 16.0 Å². The SMILES string of the molecule is C[C@@]12C(=O)N(c3ccccc3)C(=O)[C@@H]1C[C@@H]1C(=CC[C@@H]3C(=O)N(c4cccc(C(=O)O)c4)C(=O)[C@@H]31)[C@@H]2c1ccc(O)cc1. The largest absolute Gasteiger partial charge is 0.508 e. The van der Waals surface area contributed by atoms with Gasteiger partial charge in [-0.05, 0) is 73.7 Å². The monoisotopic (exact) mass is 576 g/mol. The van der Waals surface area contributed by atoms with E-state index in [0.29, 0.717) is 5.69 Å². The second kappa shape index (κ2) is 9.49. The molecule has 7 rings (SSSR count). The van der Waals surface area contributed by atoms with E-state index in [2.05, 4.69) is 0 Å². The van der Waals surface area contributed by atoms with Crippen LogP contribution in [0.15, 0.2) is 90.5 Å². The van der Waals surface area contributed by atoms with Crippen LogP contribution < -0.4 is 9.80 Å². The third-order valence-corrected chi connectivity index (χ3v) is 9.87. The highest BCUT2D eigenvalue weighted by molar-refractivity contribution is 6.25. The number of carboxylic acid groups (broad SMARTS) is 1. The zero-order valence-corrected chi connectivity index (χ0v) is 23.2. The highest BCUT2D eigenvalue weighted by Crippen LogP contribution is 2.63. The molecule has 2 saturated heterocycles. The highest BCUT2D eigenvalue weighted by Gasteiger charge is 2.67. The lowest BCUT2D eigenvalue weighted by molar-refractivity contribution is -0.131. The van der Waals surface area contributed by atoms with Crippen LogP contribution in [0.1, 0.15) is 41.6 Å². The molecule has 3 aromatic rings. The third kappa shape index (κ3) is 3.73. The lowest BCUT2D eigenvalue weighted by Gasteiger charge is -2.49. The lowest BCUT2D eigenvalue weighted by atomic mass is 9.51. The molecule has 4 aliphatic rings. The number of para-hydroxylation sites is 1. The summed E-state index contributed by atoms with van der Waals surface area (Å²) in [7, 11) is 0. The Morgan fingerprint density at radius 2 is 1.51 bits per heavy atom. The minimum absolute atomic E-state index is 0.0383. The van der Waals surface area contributed by atoms with E-state index >= 15 is 0 Å². The average molecular weight is 577 g/mol. The van der Waals surface area contributed by atoms with Gasteiger partial charge in [-0.2, -0.15) is 0 Å². The van der Waals surface area contributed by atoms with Gasteiger partial charge in [-0.15, -0.1) is 0 Å². The van der Waals surface area contributed by atoms with Crippen molar-refractivity contribution in [3.05, 3.63) is 102 Å². The Bertz CT molecular complexity index is 1750. The second-order valence-corrected chi connectivity index (χ2v) is 12.0. The van der Waals surface area contributed by atoms with Gasteiger partial charge in [-0.1, -0.05) is 48.0 Å². The summed E-state index contributed by atoms with van der Waals surface area (Å²) in [6.45, 7) is 1.81. The number of carbonyl (C=O) groups is 5. The first-order chi connectivity index (χ1) is 20.6. The number of aromatic carboxylic acids is 1. The first kappa shape index (κ1) is 26.8. The Morgan fingerprint density at radius 1 is 0.814 bits per heavy atom. The molecule has 3 aromatic carbocycles. The molecule has 9 heteroatoms. The van der Waals surface area contributed by atoms with E-state index in [1.165, 1.54) is 23.1 Å². The molecule has 0 aromatic heterocycles. The van der Waals surface area contributed by atoms with E-state index < -0.39 is 52.8 Å². The quantitative estimate of drug-likeness (QED) is 0.345. The van der Waals surface area contributed by atoms with Crippen LogP contribution in [0, 0.1) is 29.1 Å². The van der Waals surface area contributed by atoms with E-state index in [1.54, 1.807) is 54.6 Å². The molecule has 1 saturated carbocycles. The normalized spacial score (nSPS) is 29.7. The van der Waals surface area contributed by atoms with Crippen LogP contribution in [0.5, 0.6) is 5.75 Å². The number of allylic oxidation sites excluding steroid dienone is 2. The highest BCUT2D eigenvalue weighted by atomic mass is 16.4. The molecule has 43 heavy (non-hydrogen) atoms. The number of amides is 4. The number of anilines is 2. The number of aromatic hydroxyl groups is 1. The maximum atomic E-state index is 14.3. The summed E-state index contributed by atoms with van der Waals surface area (Å²) in [6, 6.07) is 21.1. The third-order valence-electron chi connectivity index (χ3n) is 9.87. The number of nitrogens with zero attached hydrogens (tertiary/aromatic N) is 2. The summed E-state index contributed by atoms with van der Waals surface area (Å²) in [5.74, 6) is -5.87. The van der Waals surface area contributed by atoms with Crippen molar-refractivity contribution in [1.82, 2.24) is 0 Å². The van der Waals surface area contributed by atoms with E-state index in [4.69, 9.17) is 0 Å². The minimum Gasteiger partial charge on any atom is -0.508 e. The molecule has 2 N–H and O–H groups in total. The predicted molar refractivity (Wildman–Crippen MR) is 155 cm³/mol. The number of phenolic OH excluding ortho intramolecular Hbond substituents is 1. The van der Waals surface area contributed by atoms with Crippen LogP contribution in [-0.4, -0.2) is 39.8 Å². The summed E-state index contributed by atoms with van der Waals surface area (Å²) in [5.41, 5.74) is 1.04. The number of carbonyl (C=O) groups excluding carboxylic acids is 4. The molecule has 2 aliphatic heterocycles. The summed E-state index contributed by atoms with van der Waals surface area (Å²) in [6.07, 6.45) is 2.44. The van der Waals surface area contributed by atoms with Crippen LogP contribution in [0.2, 0.25) is 0 Å². The van der Waals surface area contributed by atoms with Gasteiger partial charge in [0.1, 0.15) is 5.75 Å². The summed E-state index contributed by atoms with van der Waals surface area (Å²) in [5, 5.41) is 19.5. The van der Waals surface area contributed by atoms with Gasteiger partial charge >= 0.3 is 5.97 Å². The molecular formula is C34H28N2O7. The van der Waals surface area contributed by atoms with Crippen molar-refractivity contribution in [1.29, 1.82) is 0 Å². The molecule has 0 unspecified atom stereocenters. The molecule has 6 atom stereocenters. The number of fused-ring (bicyclic) bond motifs is 4. The van der Waals surface area contributed by atoms with Gasteiger partial charge < -0.3 is 10.2 Å². The van der Waals surface area contributed by atoms with Crippen LogP contribution in [0.3, 0.4) is 0 Å². The standard InChI is InChI=1S/C34H28N2O7/c1-34-26(30(39)36(33(34)43)20-7-3-2-4-8-20)17-25-23(28(34)18-10-12-22(37)13-11-18)14-15-24-27(25)31(40)35(29(24)38)21-9-5-6-19(16-21)32(41)42/h2-14,16,24-28,37H,15,17H2,1H3,(H,41,42)/t24-,25+,26-,27-,28-,34+/m0/s1. The van der Waals surface area contributed by atoms with Crippen LogP contribution >= 0.6 is 0 Å². The number of imide groups is 2. The Hall–Kier alpha value is -5.05. The summed E-state index contributed by atoms with van der Waals surface area (Å²) < 4.78 is 0. The molecule has 2 aliphatic carbocycles. The number of phenols is 1. The van der Waals surface area contributed by atoms with Crippen molar-refractivity contribution in [2.75, 3.05) is 9.80 Å². The van der Waals surface area contributed by atoms with Crippen molar-refractivity contribution in [3.8, 4) is 5.75 Å². The van der Waals surface area contributed by atoms with Gasteiger partial charge in [-0.25, -0.2) is 9.69 Å². The number of hydrogen-bond donors (Lipinski definition) is 2. The van der Waals surface area contributed by atoms with Crippen molar-refractivity contribution in [2.45, 2.75) is 25.7 Å². The maximum absolute atomic E-state index is 14.3. The van der Waals surface area contributed by atoms with Gasteiger partial charge in [0.25, 0.3) is 0 Å².